The van der Waals surface area contributed by atoms with Crippen LogP contribution in [0.4, 0.5) is 0 Å². The molecule has 0 aromatic heterocycles. The summed E-state index contributed by atoms with van der Waals surface area (Å²) in [5.41, 5.74) is 7.09. The summed E-state index contributed by atoms with van der Waals surface area (Å²) in [6.07, 6.45) is 1.67. The van der Waals surface area contributed by atoms with Crippen molar-refractivity contribution >= 4 is 5.91 Å². The van der Waals surface area contributed by atoms with E-state index in [0.717, 1.165) is 18.5 Å². The Bertz CT molecular complexity index is 486. The number of phenolic OH excluding ortho intramolecular Hbond substituents is 1. The molecule has 1 saturated heterocycles. The normalized spacial score (nSPS) is 27.4. The molecule has 4 atom stereocenters. The Morgan fingerprint density at radius 3 is 2.57 bits per heavy atom. The van der Waals surface area contributed by atoms with Crippen molar-refractivity contribution in [2.75, 3.05) is 6.54 Å². The number of phenols is 1. The molecule has 0 aliphatic carbocycles. The standard InChI is InChI=1S/C17H26N2O2/c1-11-8-12(2)13(3)19(10-11)17(21)16(18)9-14-4-6-15(20)7-5-14/h4-7,11-13,16,20H,8-10,18H2,1-3H3/t11?,12?,13?,16-/m1/s1. The third kappa shape index (κ3) is 3.76. The van der Waals surface area contributed by atoms with Gasteiger partial charge in [0.05, 0.1) is 6.04 Å². The maximum absolute atomic E-state index is 12.6. The van der Waals surface area contributed by atoms with Gasteiger partial charge in [0.1, 0.15) is 5.75 Å². The number of hydrogen-bond donors (Lipinski definition) is 2. The van der Waals surface area contributed by atoms with Crippen LogP contribution in [-0.4, -0.2) is 34.5 Å². The van der Waals surface area contributed by atoms with Gasteiger partial charge in [-0.3, -0.25) is 4.79 Å². The van der Waals surface area contributed by atoms with Gasteiger partial charge in [-0.25, -0.2) is 0 Å². The van der Waals surface area contributed by atoms with Crippen molar-refractivity contribution in [3.05, 3.63) is 29.8 Å². The molecule has 0 radical (unpaired) electrons. The molecule has 4 nitrogen and oxygen atoms in total. The van der Waals surface area contributed by atoms with Crippen molar-refractivity contribution < 1.29 is 9.90 Å². The first kappa shape index (κ1) is 15.8. The second-order valence-electron chi connectivity index (χ2n) is 6.53. The Hall–Kier alpha value is -1.55. The van der Waals surface area contributed by atoms with E-state index in [9.17, 15) is 9.90 Å². The van der Waals surface area contributed by atoms with Crippen molar-refractivity contribution in [2.24, 2.45) is 17.6 Å². The number of piperidine rings is 1. The van der Waals surface area contributed by atoms with Crippen LogP contribution in [0.2, 0.25) is 0 Å². The van der Waals surface area contributed by atoms with Crippen LogP contribution in [0.25, 0.3) is 0 Å². The lowest BCUT2D eigenvalue weighted by Crippen LogP contribution is -2.54. The topological polar surface area (TPSA) is 66.6 Å². The number of benzene rings is 1. The molecule has 3 N–H and O–H groups in total. The summed E-state index contributed by atoms with van der Waals surface area (Å²) >= 11 is 0. The summed E-state index contributed by atoms with van der Waals surface area (Å²) in [4.78, 5) is 14.6. The lowest BCUT2D eigenvalue weighted by molar-refractivity contribution is -0.138. The summed E-state index contributed by atoms with van der Waals surface area (Å²) in [5.74, 6) is 1.31. The highest BCUT2D eigenvalue weighted by atomic mass is 16.3. The molecule has 0 spiro atoms. The zero-order chi connectivity index (χ0) is 15.6. The first-order valence-corrected chi connectivity index (χ1v) is 7.72. The molecule has 1 aromatic rings. The van der Waals surface area contributed by atoms with Crippen molar-refractivity contribution in [1.82, 2.24) is 4.90 Å². The van der Waals surface area contributed by atoms with Gasteiger partial charge in [0.15, 0.2) is 0 Å². The highest BCUT2D eigenvalue weighted by Crippen LogP contribution is 2.27. The maximum atomic E-state index is 12.6. The van der Waals surface area contributed by atoms with E-state index in [1.165, 1.54) is 0 Å². The molecule has 1 amide bonds. The lowest BCUT2D eigenvalue weighted by atomic mass is 9.85. The smallest absolute Gasteiger partial charge is 0.240 e. The van der Waals surface area contributed by atoms with Gasteiger partial charge >= 0.3 is 0 Å². The Morgan fingerprint density at radius 2 is 1.95 bits per heavy atom. The van der Waals surface area contributed by atoms with E-state index in [-0.39, 0.29) is 17.7 Å². The third-order valence-electron chi connectivity index (χ3n) is 4.59. The van der Waals surface area contributed by atoms with Gasteiger partial charge in [0.2, 0.25) is 5.91 Å². The molecule has 1 aliphatic heterocycles. The summed E-state index contributed by atoms with van der Waals surface area (Å²) < 4.78 is 0. The highest BCUT2D eigenvalue weighted by Gasteiger charge is 2.33. The number of carbonyl (C=O) groups excluding carboxylic acids is 1. The summed E-state index contributed by atoms with van der Waals surface area (Å²) in [7, 11) is 0. The zero-order valence-corrected chi connectivity index (χ0v) is 13.1. The minimum absolute atomic E-state index is 0.0361. The maximum Gasteiger partial charge on any atom is 0.240 e. The first-order valence-electron chi connectivity index (χ1n) is 7.72. The van der Waals surface area contributed by atoms with E-state index in [0.29, 0.717) is 18.3 Å². The molecular weight excluding hydrogens is 264 g/mol. The number of amides is 1. The fraction of sp³-hybridized carbons (Fsp3) is 0.588. The number of nitrogens with zero attached hydrogens (tertiary/aromatic N) is 1. The quantitative estimate of drug-likeness (QED) is 0.896. The molecule has 116 valence electrons. The Morgan fingerprint density at radius 1 is 1.33 bits per heavy atom. The van der Waals surface area contributed by atoms with Crippen molar-refractivity contribution in [3.63, 3.8) is 0 Å². The molecule has 1 aliphatic rings. The van der Waals surface area contributed by atoms with Gasteiger partial charge in [-0.15, -0.1) is 0 Å². The van der Waals surface area contributed by atoms with Gasteiger partial charge in [-0.2, -0.15) is 0 Å². The molecule has 1 fully saturated rings. The lowest BCUT2D eigenvalue weighted by Gasteiger charge is -2.42. The fourth-order valence-electron chi connectivity index (χ4n) is 3.19. The largest absolute Gasteiger partial charge is 0.508 e. The van der Waals surface area contributed by atoms with Gasteiger partial charge in [0.25, 0.3) is 0 Å². The molecule has 1 aromatic carbocycles. The van der Waals surface area contributed by atoms with Crippen LogP contribution >= 0.6 is 0 Å². The van der Waals surface area contributed by atoms with E-state index in [4.69, 9.17) is 5.73 Å². The number of carbonyl (C=O) groups is 1. The van der Waals surface area contributed by atoms with Crippen LogP contribution in [0.15, 0.2) is 24.3 Å². The van der Waals surface area contributed by atoms with Crippen molar-refractivity contribution in [1.29, 1.82) is 0 Å². The van der Waals surface area contributed by atoms with Crippen molar-refractivity contribution in [2.45, 2.75) is 45.7 Å². The van der Waals surface area contributed by atoms with Crippen LogP contribution in [0.5, 0.6) is 5.75 Å². The van der Waals surface area contributed by atoms with Gasteiger partial charge in [-0.05, 0) is 49.3 Å². The molecule has 2 rings (SSSR count). The number of hydrogen-bond acceptors (Lipinski definition) is 3. The molecule has 1 heterocycles. The van der Waals surface area contributed by atoms with Crippen LogP contribution < -0.4 is 5.73 Å². The predicted molar refractivity (Wildman–Crippen MR) is 83.9 cm³/mol. The molecule has 0 bridgehead atoms. The van der Waals surface area contributed by atoms with Gasteiger partial charge in [0, 0.05) is 12.6 Å². The minimum Gasteiger partial charge on any atom is -0.508 e. The number of likely N-dealkylation sites (tertiary alicyclic amines) is 1. The number of aromatic hydroxyl groups is 1. The van der Waals surface area contributed by atoms with Crippen LogP contribution in [0.1, 0.15) is 32.8 Å². The minimum atomic E-state index is -0.519. The third-order valence-corrected chi connectivity index (χ3v) is 4.59. The second-order valence-corrected chi connectivity index (χ2v) is 6.53. The Labute approximate surface area is 126 Å². The van der Waals surface area contributed by atoms with E-state index in [1.807, 2.05) is 17.0 Å². The van der Waals surface area contributed by atoms with Crippen LogP contribution in [-0.2, 0) is 11.2 Å². The fourth-order valence-corrected chi connectivity index (χ4v) is 3.19. The van der Waals surface area contributed by atoms with Crippen LogP contribution in [0.3, 0.4) is 0 Å². The monoisotopic (exact) mass is 290 g/mol. The second kappa shape index (κ2) is 6.48. The molecule has 0 saturated carbocycles. The van der Waals surface area contributed by atoms with Crippen molar-refractivity contribution in [3.8, 4) is 5.75 Å². The number of nitrogens with two attached hydrogens (primary N) is 1. The van der Waals surface area contributed by atoms with Gasteiger partial charge < -0.3 is 15.7 Å². The van der Waals surface area contributed by atoms with E-state index in [1.54, 1.807) is 12.1 Å². The van der Waals surface area contributed by atoms with Crippen LogP contribution in [0, 0.1) is 11.8 Å². The average molecular weight is 290 g/mol. The van der Waals surface area contributed by atoms with E-state index < -0.39 is 6.04 Å². The molecule has 4 heteroatoms. The van der Waals surface area contributed by atoms with E-state index in [2.05, 4.69) is 20.8 Å². The zero-order valence-electron chi connectivity index (χ0n) is 13.1. The summed E-state index contributed by atoms with van der Waals surface area (Å²) in [5, 5.41) is 9.29. The van der Waals surface area contributed by atoms with Gasteiger partial charge in [-0.1, -0.05) is 26.0 Å². The Kier molecular flexibility index (Phi) is 4.88. The Balaban J connectivity index is 2.02. The number of rotatable bonds is 3. The van der Waals surface area contributed by atoms with E-state index >= 15 is 0 Å². The average Bonchev–Trinajstić information content (AvgIpc) is 2.44. The summed E-state index contributed by atoms with van der Waals surface area (Å²) in [6, 6.07) is 6.61. The first-order chi connectivity index (χ1) is 9.88. The predicted octanol–water partition coefficient (Wildman–Crippen LogP) is 2.16. The molecule has 3 unspecified atom stereocenters. The highest BCUT2D eigenvalue weighted by molar-refractivity contribution is 5.82. The SMILES string of the molecule is CC1CC(C)C(C)N(C(=O)[C@H](N)Cc2ccc(O)cc2)C1. The molecule has 21 heavy (non-hydrogen) atoms. The molecular formula is C17H26N2O2. The summed E-state index contributed by atoms with van der Waals surface area (Å²) in [6.45, 7) is 7.30.